The summed E-state index contributed by atoms with van der Waals surface area (Å²) in [5.74, 6) is 0.844. The number of benzene rings is 1. The monoisotopic (exact) mass is 291 g/mol. The quantitative estimate of drug-likeness (QED) is 0.930. The molecule has 2 rings (SSSR count). The molecule has 2 aromatic rings. The first-order chi connectivity index (χ1) is 9.35. The van der Waals surface area contributed by atoms with Crippen LogP contribution in [0.4, 0.5) is 0 Å². The summed E-state index contributed by atoms with van der Waals surface area (Å²) in [5.41, 5.74) is 2.42. The van der Waals surface area contributed by atoms with Crippen LogP contribution in [0.3, 0.4) is 0 Å². The maximum Gasteiger partial charge on any atom is 0.299 e. The van der Waals surface area contributed by atoms with Gasteiger partial charge in [0.2, 0.25) is 0 Å². The van der Waals surface area contributed by atoms with E-state index in [9.17, 15) is 0 Å². The van der Waals surface area contributed by atoms with Crippen molar-refractivity contribution in [2.75, 3.05) is 0 Å². The van der Waals surface area contributed by atoms with Crippen LogP contribution in [-0.2, 0) is 6.54 Å². The lowest BCUT2D eigenvalue weighted by Gasteiger charge is -2.19. The second kappa shape index (κ2) is 5.89. The number of nitrogens with zero attached hydrogens (tertiary/aromatic N) is 2. The van der Waals surface area contributed by atoms with Gasteiger partial charge in [-0.05, 0) is 51.8 Å². The molecule has 0 bridgehead atoms. The molecular weight excluding hydrogens is 270 g/mol. The van der Waals surface area contributed by atoms with Crippen molar-refractivity contribution in [2.45, 2.75) is 46.7 Å². The minimum atomic E-state index is 0.0693. The summed E-state index contributed by atoms with van der Waals surface area (Å²) >= 11 is 1.48. The van der Waals surface area contributed by atoms with E-state index in [0.717, 1.165) is 16.3 Å². The van der Waals surface area contributed by atoms with Gasteiger partial charge in [0.05, 0.1) is 6.54 Å². The molecule has 0 aliphatic heterocycles. The van der Waals surface area contributed by atoms with E-state index in [1.807, 2.05) is 19.1 Å². The van der Waals surface area contributed by atoms with E-state index in [1.54, 1.807) is 0 Å². The predicted molar refractivity (Wildman–Crippen MR) is 82.5 cm³/mol. The Kier molecular flexibility index (Phi) is 4.40. The Hall–Kier alpha value is -1.46. The van der Waals surface area contributed by atoms with Crippen molar-refractivity contribution < 1.29 is 4.74 Å². The van der Waals surface area contributed by atoms with E-state index in [2.05, 4.69) is 49.3 Å². The summed E-state index contributed by atoms with van der Waals surface area (Å²) in [6, 6.07) is 6.01. The van der Waals surface area contributed by atoms with Crippen LogP contribution in [0.5, 0.6) is 10.9 Å². The SMILES string of the molecule is Cc1cccc(Oc2nnc(CNC(C)(C)C)s2)c1C. The van der Waals surface area contributed by atoms with Crippen LogP contribution in [0, 0.1) is 13.8 Å². The van der Waals surface area contributed by atoms with Gasteiger partial charge in [0, 0.05) is 5.54 Å². The molecule has 20 heavy (non-hydrogen) atoms. The zero-order valence-corrected chi connectivity index (χ0v) is 13.5. The van der Waals surface area contributed by atoms with Crippen LogP contribution >= 0.6 is 11.3 Å². The minimum absolute atomic E-state index is 0.0693. The van der Waals surface area contributed by atoms with Gasteiger partial charge in [-0.15, -0.1) is 5.10 Å². The first-order valence-corrected chi connectivity index (χ1v) is 7.48. The van der Waals surface area contributed by atoms with E-state index in [4.69, 9.17) is 4.74 Å². The van der Waals surface area contributed by atoms with Crippen LogP contribution in [0.25, 0.3) is 0 Å². The highest BCUT2D eigenvalue weighted by Crippen LogP contribution is 2.28. The van der Waals surface area contributed by atoms with E-state index in [-0.39, 0.29) is 5.54 Å². The number of aromatic nitrogens is 2. The topological polar surface area (TPSA) is 47.0 Å². The second-order valence-electron chi connectivity index (χ2n) is 5.87. The Balaban J connectivity index is 2.04. The van der Waals surface area contributed by atoms with E-state index >= 15 is 0 Å². The van der Waals surface area contributed by atoms with Crippen molar-refractivity contribution in [1.29, 1.82) is 0 Å². The van der Waals surface area contributed by atoms with Gasteiger partial charge in [0.25, 0.3) is 5.19 Å². The molecule has 1 N–H and O–H groups in total. The number of nitrogens with one attached hydrogen (secondary N) is 1. The molecule has 0 saturated heterocycles. The van der Waals surface area contributed by atoms with Crippen LogP contribution in [0.1, 0.15) is 36.9 Å². The summed E-state index contributed by atoms with van der Waals surface area (Å²) in [4.78, 5) is 0. The third-order valence-corrected chi connectivity index (χ3v) is 3.77. The Morgan fingerprint density at radius 2 is 1.95 bits per heavy atom. The van der Waals surface area contributed by atoms with Crippen molar-refractivity contribution in [3.05, 3.63) is 34.3 Å². The molecule has 4 nitrogen and oxygen atoms in total. The normalized spacial score (nSPS) is 11.7. The zero-order chi connectivity index (χ0) is 14.8. The standard InChI is InChI=1S/C15H21N3OS/c1-10-7-6-8-12(11(10)2)19-14-18-17-13(20-14)9-16-15(3,4)5/h6-8,16H,9H2,1-5H3. The van der Waals surface area contributed by atoms with Crippen molar-refractivity contribution >= 4 is 11.3 Å². The predicted octanol–water partition coefficient (Wildman–Crippen LogP) is 3.84. The lowest BCUT2D eigenvalue weighted by atomic mass is 10.1. The first-order valence-electron chi connectivity index (χ1n) is 6.66. The molecule has 0 fully saturated rings. The molecule has 0 radical (unpaired) electrons. The van der Waals surface area contributed by atoms with Gasteiger partial charge in [-0.1, -0.05) is 28.6 Å². The van der Waals surface area contributed by atoms with Gasteiger partial charge in [0.15, 0.2) is 0 Å². The molecule has 0 saturated carbocycles. The molecule has 1 heterocycles. The van der Waals surface area contributed by atoms with Crippen molar-refractivity contribution in [3.8, 4) is 10.9 Å². The second-order valence-corrected chi connectivity index (χ2v) is 6.89. The smallest absolute Gasteiger partial charge is 0.299 e. The summed E-state index contributed by atoms with van der Waals surface area (Å²) in [6.45, 7) is 11.2. The highest BCUT2D eigenvalue weighted by atomic mass is 32.1. The molecule has 0 spiro atoms. The number of hydrogen-bond donors (Lipinski definition) is 1. The summed E-state index contributed by atoms with van der Waals surface area (Å²) < 4.78 is 5.82. The molecule has 108 valence electrons. The number of ether oxygens (including phenoxy) is 1. The third kappa shape index (κ3) is 4.02. The molecule has 1 aromatic carbocycles. The fraction of sp³-hybridized carbons (Fsp3) is 0.467. The van der Waals surface area contributed by atoms with Crippen LogP contribution in [0.2, 0.25) is 0 Å². The molecule has 0 amide bonds. The molecule has 0 aliphatic carbocycles. The number of hydrogen-bond acceptors (Lipinski definition) is 5. The average Bonchev–Trinajstić information content (AvgIpc) is 2.80. The molecule has 5 heteroatoms. The average molecular weight is 291 g/mol. The van der Waals surface area contributed by atoms with Crippen molar-refractivity contribution in [3.63, 3.8) is 0 Å². The van der Waals surface area contributed by atoms with E-state index < -0.39 is 0 Å². The van der Waals surface area contributed by atoms with E-state index in [0.29, 0.717) is 11.7 Å². The Morgan fingerprint density at radius 3 is 2.65 bits per heavy atom. The van der Waals surface area contributed by atoms with Gasteiger partial charge >= 0.3 is 0 Å². The van der Waals surface area contributed by atoms with Crippen LogP contribution < -0.4 is 10.1 Å². The Morgan fingerprint density at radius 1 is 1.20 bits per heavy atom. The fourth-order valence-corrected chi connectivity index (χ4v) is 2.26. The van der Waals surface area contributed by atoms with Gasteiger partial charge in [-0.3, -0.25) is 0 Å². The maximum atomic E-state index is 5.82. The lowest BCUT2D eigenvalue weighted by molar-refractivity contribution is 0.423. The largest absolute Gasteiger partial charge is 0.430 e. The van der Waals surface area contributed by atoms with Crippen LogP contribution in [-0.4, -0.2) is 15.7 Å². The molecule has 0 aliphatic rings. The van der Waals surface area contributed by atoms with Crippen LogP contribution in [0.15, 0.2) is 18.2 Å². The Labute approximate surface area is 124 Å². The molecule has 0 atom stereocenters. The highest BCUT2D eigenvalue weighted by molar-refractivity contribution is 7.13. The minimum Gasteiger partial charge on any atom is -0.430 e. The third-order valence-electron chi connectivity index (χ3n) is 2.97. The van der Waals surface area contributed by atoms with E-state index in [1.165, 1.54) is 16.9 Å². The zero-order valence-electron chi connectivity index (χ0n) is 12.7. The maximum absolute atomic E-state index is 5.82. The molecule has 1 aromatic heterocycles. The van der Waals surface area contributed by atoms with Crippen molar-refractivity contribution in [2.24, 2.45) is 0 Å². The fourth-order valence-electron chi connectivity index (χ4n) is 1.62. The van der Waals surface area contributed by atoms with Gasteiger partial charge in [-0.2, -0.15) is 0 Å². The first kappa shape index (κ1) is 14.9. The van der Waals surface area contributed by atoms with Gasteiger partial charge in [0.1, 0.15) is 10.8 Å². The van der Waals surface area contributed by atoms with Crippen molar-refractivity contribution in [1.82, 2.24) is 15.5 Å². The summed E-state index contributed by atoms with van der Waals surface area (Å²) in [6.07, 6.45) is 0. The summed E-state index contributed by atoms with van der Waals surface area (Å²) in [7, 11) is 0. The lowest BCUT2D eigenvalue weighted by Crippen LogP contribution is -2.35. The number of rotatable bonds is 4. The van der Waals surface area contributed by atoms with Gasteiger partial charge in [-0.25, -0.2) is 0 Å². The van der Waals surface area contributed by atoms with Gasteiger partial charge < -0.3 is 10.1 Å². The highest BCUT2D eigenvalue weighted by Gasteiger charge is 2.12. The Bertz CT molecular complexity index is 587. The molecular formula is C15H21N3OS. The summed E-state index contributed by atoms with van der Waals surface area (Å²) in [5, 5.41) is 13.1. The molecule has 0 unspecified atom stereocenters. The number of aryl methyl sites for hydroxylation is 1.